The average molecular weight is 466 g/mol. The Morgan fingerprint density at radius 3 is 2.59 bits per heavy atom. The number of ether oxygens (including phenoxy) is 1. The summed E-state index contributed by atoms with van der Waals surface area (Å²) >= 11 is 7.58. The molecule has 0 radical (unpaired) electrons. The number of thioether (sulfide) groups is 1. The highest BCUT2D eigenvalue weighted by Crippen LogP contribution is 2.33. The predicted molar refractivity (Wildman–Crippen MR) is 133 cm³/mol. The lowest BCUT2D eigenvalue weighted by Gasteiger charge is -2.14. The smallest absolute Gasteiger partial charge is 0.264 e. The van der Waals surface area contributed by atoms with Gasteiger partial charge in [-0.15, -0.1) is 0 Å². The van der Waals surface area contributed by atoms with Gasteiger partial charge in [-0.25, -0.2) is 4.99 Å². The van der Waals surface area contributed by atoms with Crippen LogP contribution in [0.3, 0.4) is 0 Å². The Kier molecular flexibility index (Phi) is 6.44. The molecule has 1 aliphatic heterocycles. The number of nitrogens with one attached hydrogen (secondary N) is 1. The molecule has 0 atom stereocenters. The summed E-state index contributed by atoms with van der Waals surface area (Å²) in [7, 11) is 1.64. The van der Waals surface area contributed by atoms with Crippen LogP contribution in [0, 0.1) is 13.8 Å². The molecular formula is C25H24ClN3O2S. The van der Waals surface area contributed by atoms with E-state index in [1.807, 2.05) is 44.2 Å². The fourth-order valence-corrected chi connectivity index (χ4v) is 4.69. The molecule has 32 heavy (non-hydrogen) atoms. The van der Waals surface area contributed by atoms with E-state index in [4.69, 9.17) is 16.3 Å². The molecule has 3 aromatic rings. The first-order chi connectivity index (χ1) is 15.4. The van der Waals surface area contributed by atoms with Crippen LogP contribution in [0.1, 0.15) is 29.4 Å². The zero-order valence-electron chi connectivity index (χ0n) is 18.4. The first kappa shape index (κ1) is 22.2. The summed E-state index contributed by atoms with van der Waals surface area (Å²) in [5.41, 5.74) is 5.89. The molecule has 2 heterocycles. The number of carbonyl (C=O) groups is 1. The minimum atomic E-state index is -0.149. The van der Waals surface area contributed by atoms with Gasteiger partial charge in [0.25, 0.3) is 5.91 Å². The van der Waals surface area contributed by atoms with Crippen LogP contribution < -0.4 is 10.1 Å². The lowest BCUT2D eigenvalue weighted by atomic mass is 10.2. The van der Waals surface area contributed by atoms with Crippen LogP contribution in [0.25, 0.3) is 11.8 Å². The van der Waals surface area contributed by atoms with Gasteiger partial charge in [0.05, 0.1) is 23.4 Å². The molecule has 4 rings (SSSR count). The van der Waals surface area contributed by atoms with E-state index < -0.39 is 0 Å². The van der Waals surface area contributed by atoms with Crippen molar-refractivity contribution in [3.05, 3.63) is 81.0 Å². The summed E-state index contributed by atoms with van der Waals surface area (Å²) in [5.74, 6) is 0.580. The van der Waals surface area contributed by atoms with Gasteiger partial charge in [-0.3, -0.25) is 4.79 Å². The monoisotopic (exact) mass is 465 g/mol. The lowest BCUT2D eigenvalue weighted by molar-refractivity contribution is -0.115. The maximum absolute atomic E-state index is 12.6. The normalized spacial score (nSPS) is 16.1. The van der Waals surface area contributed by atoms with Gasteiger partial charge in [0.1, 0.15) is 5.75 Å². The van der Waals surface area contributed by atoms with E-state index in [-0.39, 0.29) is 5.91 Å². The number of aryl methyl sites for hydroxylation is 2. The molecule has 0 bridgehead atoms. The van der Waals surface area contributed by atoms with Crippen molar-refractivity contribution < 1.29 is 9.53 Å². The average Bonchev–Trinajstić information content (AvgIpc) is 3.26. The molecular weight excluding hydrogens is 442 g/mol. The third-order valence-electron chi connectivity index (χ3n) is 5.36. The summed E-state index contributed by atoms with van der Waals surface area (Å²) in [6.45, 7) is 6.15. The second-order valence-electron chi connectivity index (χ2n) is 7.48. The van der Waals surface area contributed by atoms with Crippen LogP contribution in [0.15, 0.2) is 58.4 Å². The van der Waals surface area contributed by atoms with Crippen molar-refractivity contribution in [3.63, 3.8) is 0 Å². The van der Waals surface area contributed by atoms with Gasteiger partial charge >= 0.3 is 0 Å². The van der Waals surface area contributed by atoms with E-state index in [1.165, 1.54) is 17.3 Å². The number of aliphatic imine (C=N–C) groups is 1. The van der Waals surface area contributed by atoms with E-state index in [0.717, 1.165) is 40.5 Å². The Bertz CT molecular complexity index is 1240. The van der Waals surface area contributed by atoms with Crippen molar-refractivity contribution in [1.82, 2.24) is 9.88 Å². The largest absolute Gasteiger partial charge is 0.495 e. The second-order valence-corrected chi connectivity index (χ2v) is 8.95. The summed E-state index contributed by atoms with van der Waals surface area (Å²) in [5, 5.41) is 4.07. The fourth-order valence-electron chi connectivity index (χ4n) is 3.69. The van der Waals surface area contributed by atoms with Crippen LogP contribution in [-0.2, 0) is 11.2 Å². The second kappa shape index (κ2) is 9.27. The van der Waals surface area contributed by atoms with Crippen LogP contribution in [-0.4, -0.2) is 22.8 Å². The van der Waals surface area contributed by atoms with Gasteiger partial charge in [0.2, 0.25) is 0 Å². The first-order valence-corrected chi connectivity index (χ1v) is 11.5. The summed E-state index contributed by atoms with van der Waals surface area (Å²) in [6.07, 6.45) is 2.88. The molecule has 164 valence electrons. The molecule has 7 heteroatoms. The molecule has 0 aliphatic carbocycles. The van der Waals surface area contributed by atoms with E-state index in [0.29, 0.717) is 15.1 Å². The van der Waals surface area contributed by atoms with Crippen LogP contribution in [0.5, 0.6) is 5.75 Å². The molecule has 0 spiro atoms. The van der Waals surface area contributed by atoms with Crippen LogP contribution in [0.2, 0.25) is 5.02 Å². The standard InChI is InChI=1S/C25H24ClN3O2S/c1-5-17-6-9-20(10-7-17)27-25-28-24(30)23(32-25)13-18-12-15(2)29(16(18)3)21-14-19(26)8-11-22(21)31-4/h6-14H,5H2,1-4H3,(H,27,28,30)/b23-13-. The maximum Gasteiger partial charge on any atom is 0.264 e. The van der Waals surface area contributed by atoms with Gasteiger partial charge in [0.15, 0.2) is 5.17 Å². The topological polar surface area (TPSA) is 55.6 Å². The molecule has 1 saturated heterocycles. The molecule has 1 N–H and O–H groups in total. The van der Waals surface area contributed by atoms with Gasteiger partial charge in [-0.05, 0) is 85.6 Å². The first-order valence-electron chi connectivity index (χ1n) is 10.3. The van der Waals surface area contributed by atoms with Gasteiger partial charge in [0, 0.05) is 16.4 Å². The number of aromatic nitrogens is 1. The maximum atomic E-state index is 12.6. The molecule has 0 unspecified atom stereocenters. The number of amidine groups is 1. The van der Waals surface area contributed by atoms with Gasteiger partial charge in [-0.1, -0.05) is 30.7 Å². The van der Waals surface area contributed by atoms with Crippen molar-refractivity contribution in [2.45, 2.75) is 27.2 Å². The number of benzene rings is 2. The van der Waals surface area contributed by atoms with Crippen molar-refractivity contribution in [3.8, 4) is 11.4 Å². The molecule has 1 fully saturated rings. The fraction of sp³-hybridized carbons (Fsp3) is 0.200. The Labute approximate surface area is 197 Å². The van der Waals surface area contributed by atoms with Crippen LogP contribution >= 0.6 is 23.4 Å². The SMILES string of the molecule is CCc1ccc(N=C2NC(=O)/C(=C/c3cc(C)n(-c4cc(Cl)ccc4OC)c3C)S2)cc1. The van der Waals surface area contributed by atoms with E-state index in [1.54, 1.807) is 13.2 Å². The van der Waals surface area contributed by atoms with Crippen molar-refractivity contribution >= 4 is 46.2 Å². The molecule has 1 aliphatic rings. The summed E-state index contributed by atoms with van der Waals surface area (Å²) in [4.78, 5) is 17.7. The zero-order valence-corrected chi connectivity index (χ0v) is 20.0. The number of hydrogen-bond acceptors (Lipinski definition) is 4. The Hall–Kier alpha value is -2.96. The Morgan fingerprint density at radius 1 is 1.16 bits per heavy atom. The van der Waals surface area contributed by atoms with Gasteiger partial charge < -0.3 is 14.6 Å². The number of nitrogens with zero attached hydrogens (tertiary/aromatic N) is 2. The van der Waals surface area contributed by atoms with Crippen molar-refractivity contribution in [2.75, 3.05) is 7.11 Å². The highest BCUT2D eigenvalue weighted by molar-refractivity contribution is 8.18. The Balaban J connectivity index is 1.65. The summed E-state index contributed by atoms with van der Waals surface area (Å²) < 4.78 is 7.61. The number of methoxy groups -OCH3 is 1. The molecule has 0 saturated carbocycles. The number of carbonyl (C=O) groups excluding carboxylic acids is 1. The van der Waals surface area contributed by atoms with E-state index in [2.05, 4.69) is 40.0 Å². The molecule has 1 aromatic heterocycles. The minimum Gasteiger partial charge on any atom is -0.495 e. The number of hydrogen-bond donors (Lipinski definition) is 1. The molecule has 5 nitrogen and oxygen atoms in total. The van der Waals surface area contributed by atoms with Gasteiger partial charge in [-0.2, -0.15) is 0 Å². The zero-order chi connectivity index (χ0) is 22.8. The summed E-state index contributed by atoms with van der Waals surface area (Å²) in [6, 6.07) is 15.6. The number of rotatable bonds is 5. The minimum absolute atomic E-state index is 0.149. The van der Waals surface area contributed by atoms with Crippen molar-refractivity contribution in [2.24, 2.45) is 4.99 Å². The third-order valence-corrected chi connectivity index (χ3v) is 6.51. The van der Waals surface area contributed by atoms with E-state index >= 15 is 0 Å². The quantitative estimate of drug-likeness (QED) is 0.456. The van der Waals surface area contributed by atoms with Crippen LogP contribution in [0.4, 0.5) is 5.69 Å². The lowest BCUT2D eigenvalue weighted by Crippen LogP contribution is -2.19. The third kappa shape index (κ3) is 4.47. The molecule has 2 aromatic carbocycles. The Morgan fingerprint density at radius 2 is 1.91 bits per heavy atom. The van der Waals surface area contributed by atoms with Crippen molar-refractivity contribution in [1.29, 1.82) is 0 Å². The highest BCUT2D eigenvalue weighted by Gasteiger charge is 2.25. The predicted octanol–water partition coefficient (Wildman–Crippen LogP) is 6.21. The van der Waals surface area contributed by atoms with E-state index in [9.17, 15) is 4.79 Å². The molecule has 1 amide bonds. The number of amides is 1. The highest BCUT2D eigenvalue weighted by atomic mass is 35.5. The number of halogens is 1.